The molecule has 96 valence electrons. The van der Waals surface area contributed by atoms with E-state index in [9.17, 15) is 14.0 Å². The Hall–Kier alpha value is -2.49. The number of ketones is 1. The van der Waals surface area contributed by atoms with Crippen LogP contribution in [0.15, 0.2) is 48.5 Å². The Morgan fingerprint density at radius 3 is 2.37 bits per heavy atom. The highest BCUT2D eigenvalue weighted by Crippen LogP contribution is 2.11. The lowest BCUT2D eigenvalue weighted by molar-refractivity contribution is -0.112. The number of hydrogen-bond acceptors (Lipinski definition) is 2. The molecule has 0 spiro atoms. The highest BCUT2D eigenvalue weighted by Gasteiger charge is 2.17. The second kappa shape index (κ2) is 5.44. The summed E-state index contributed by atoms with van der Waals surface area (Å²) < 4.78 is 13.1. The summed E-state index contributed by atoms with van der Waals surface area (Å²) in [5.74, 6) is -1.83. The third kappa shape index (κ3) is 3.04. The maximum absolute atomic E-state index is 13.1. The number of benzene rings is 2. The van der Waals surface area contributed by atoms with Crippen LogP contribution in [0.3, 0.4) is 0 Å². The van der Waals surface area contributed by atoms with Crippen molar-refractivity contribution >= 4 is 17.4 Å². The maximum Gasteiger partial charge on any atom is 0.296 e. The predicted octanol–water partition coefficient (Wildman–Crippen LogP) is 2.96. The van der Waals surface area contributed by atoms with Crippen LogP contribution in [0.4, 0.5) is 10.1 Å². The van der Waals surface area contributed by atoms with Gasteiger partial charge in [-0.1, -0.05) is 18.2 Å². The number of Topliss-reactive ketones (excluding diaryl/α,β-unsaturated/α-hetero) is 1. The first kappa shape index (κ1) is 13.0. The summed E-state index contributed by atoms with van der Waals surface area (Å²) in [6.45, 7) is 1.54. The molecule has 0 aliphatic rings. The lowest BCUT2D eigenvalue weighted by Gasteiger charge is -2.05. The quantitative estimate of drug-likeness (QED) is 0.678. The molecule has 0 radical (unpaired) electrons. The Kier molecular flexibility index (Phi) is 3.71. The fourth-order valence-electron chi connectivity index (χ4n) is 1.63. The van der Waals surface area contributed by atoms with Gasteiger partial charge in [-0.25, -0.2) is 4.39 Å². The number of hydrogen-bond donors (Lipinski definition) is 1. The van der Waals surface area contributed by atoms with E-state index < -0.39 is 17.5 Å². The van der Waals surface area contributed by atoms with Crippen LogP contribution in [-0.4, -0.2) is 11.7 Å². The molecule has 0 saturated carbocycles. The average molecular weight is 257 g/mol. The molecule has 1 N–H and O–H groups in total. The minimum absolute atomic E-state index is 0.173. The monoisotopic (exact) mass is 257 g/mol. The van der Waals surface area contributed by atoms with Crippen molar-refractivity contribution in [2.24, 2.45) is 0 Å². The van der Waals surface area contributed by atoms with E-state index in [4.69, 9.17) is 0 Å². The molecule has 2 aromatic rings. The molecule has 0 atom stereocenters. The van der Waals surface area contributed by atoms with Gasteiger partial charge in [-0.3, -0.25) is 9.59 Å². The SMILES string of the molecule is Cc1cc(C(=O)C(=O)Nc2ccccc2)ccc1F. The van der Waals surface area contributed by atoms with Gasteiger partial charge < -0.3 is 5.32 Å². The molecule has 0 aliphatic carbocycles. The number of anilines is 1. The van der Waals surface area contributed by atoms with E-state index in [2.05, 4.69) is 5.32 Å². The minimum atomic E-state index is -0.739. The van der Waals surface area contributed by atoms with Crippen LogP contribution >= 0.6 is 0 Å². The largest absolute Gasteiger partial charge is 0.319 e. The fourth-order valence-corrected chi connectivity index (χ4v) is 1.63. The Labute approximate surface area is 110 Å². The van der Waals surface area contributed by atoms with Crippen LogP contribution < -0.4 is 5.32 Å². The smallest absolute Gasteiger partial charge is 0.296 e. The highest BCUT2D eigenvalue weighted by molar-refractivity contribution is 6.46. The minimum Gasteiger partial charge on any atom is -0.319 e. The number of carbonyl (C=O) groups is 2. The standard InChI is InChI=1S/C15H12FNO2/c1-10-9-11(7-8-13(10)16)14(18)15(19)17-12-5-3-2-4-6-12/h2-9H,1H3,(H,17,19). The molecule has 0 unspecified atom stereocenters. The normalized spacial score (nSPS) is 10.0. The second-order valence-corrected chi connectivity index (χ2v) is 4.11. The van der Waals surface area contributed by atoms with Gasteiger partial charge in [0.25, 0.3) is 11.7 Å². The van der Waals surface area contributed by atoms with Gasteiger partial charge in [-0.2, -0.15) is 0 Å². The molecule has 4 heteroatoms. The summed E-state index contributed by atoms with van der Waals surface area (Å²) in [4.78, 5) is 23.6. The van der Waals surface area contributed by atoms with Crippen molar-refractivity contribution in [3.8, 4) is 0 Å². The molecule has 2 rings (SSSR count). The van der Waals surface area contributed by atoms with Gasteiger partial charge in [0.15, 0.2) is 0 Å². The summed E-state index contributed by atoms with van der Waals surface area (Å²) in [7, 11) is 0. The maximum atomic E-state index is 13.1. The zero-order valence-electron chi connectivity index (χ0n) is 10.3. The van der Waals surface area contributed by atoms with Gasteiger partial charge in [0.2, 0.25) is 0 Å². The molecule has 2 aromatic carbocycles. The van der Waals surface area contributed by atoms with E-state index in [-0.39, 0.29) is 5.56 Å². The zero-order chi connectivity index (χ0) is 13.8. The number of amides is 1. The summed E-state index contributed by atoms with van der Waals surface area (Å²) in [6, 6.07) is 12.5. The van der Waals surface area contributed by atoms with Crippen molar-refractivity contribution in [1.82, 2.24) is 0 Å². The molecule has 0 aromatic heterocycles. The summed E-state index contributed by atoms with van der Waals surface area (Å²) >= 11 is 0. The van der Waals surface area contributed by atoms with Crippen LogP contribution in [0.25, 0.3) is 0 Å². The Bertz CT molecular complexity index is 623. The lowest BCUT2D eigenvalue weighted by Crippen LogP contribution is -2.22. The molecule has 1 amide bonds. The first-order valence-corrected chi connectivity index (χ1v) is 5.75. The lowest BCUT2D eigenvalue weighted by atomic mass is 10.1. The molecule has 0 aliphatic heterocycles. The van der Waals surface area contributed by atoms with Gasteiger partial charge >= 0.3 is 0 Å². The van der Waals surface area contributed by atoms with Crippen molar-refractivity contribution in [1.29, 1.82) is 0 Å². The third-order valence-corrected chi connectivity index (χ3v) is 2.66. The van der Waals surface area contributed by atoms with Crippen LogP contribution in [0.5, 0.6) is 0 Å². The topological polar surface area (TPSA) is 46.2 Å². The number of aryl methyl sites for hydroxylation is 1. The van der Waals surface area contributed by atoms with Gasteiger partial charge in [-0.05, 0) is 42.8 Å². The molecule has 19 heavy (non-hydrogen) atoms. The van der Waals surface area contributed by atoms with Crippen LogP contribution in [0, 0.1) is 12.7 Å². The van der Waals surface area contributed by atoms with E-state index in [1.165, 1.54) is 18.2 Å². The summed E-state index contributed by atoms with van der Waals surface area (Å²) in [6.07, 6.45) is 0. The molecule has 0 heterocycles. The highest BCUT2D eigenvalue weighted by atomic mass is 19.1. The van der Waals surface area contributed by atoms with Crippen LogP contribution in [0.1, 0.15) is 15.9 Å². The number of halogens is 1. The van der Waals surface area contributed by atoms with Gasteiger partial charge in [0.1, 0.15) is 5.82 Å². The van der Waals surface area contributed by atoms with Crippen molar-refractivity contribution < 1.29 is 14.0 Å². The summed E-state index contributed by atoms with van der Waals surface area (Å²) in [5.41, 5.74) is 1.05. The first-order chi connectivity index (χ1) is 9.08. The van der Waals surface area contributed by atoms with E-state index in [0.717, 1.165) is 0 Å². The average Bonchev–Trinajstić information content (AvgIpc) is 2.42. The molecule has 3 nitrogen and oxygen atoms in total. The Morgan fingerprint density at radius 1 is 1.05 bits per heavy atom. The molecule has 0 bridgehead atoms. The van der Waals surface area contributed by atoms with Crippen LogP contribution in [0.2, 0.25) is 0 Å². The van der Waals surface area contributed by atoms with Crippen molar-refractivity contribution in [3.63, 3.8) is 0 Å². The van der Waals surface area contributed by atoms with E-state index >= 15 is 0 Å². The van der Waals surface area contributed by atoms with Crippen molar-refractivity contribution in [3.05, 3.63) is 65.5 Å². The Balaban J connectivity index is 2.15. The number of carbonyl (C=O) groups excluding carboxylic acids is 2. The number of nitrogens with one attached hydrogen (secondary N) is 1. The van der Waals surface area contributed by atoms with E-state index in [1.807, 2.05) is 0 Å². The van der Waals surface area contributed by atoms with Gasteiger partial charge in [0, 0.05) is 11.3 Å². The fraction of sp³-hybridized carbons (Fsp3) is 0.0667. The molecule has 0 fully saturated rings. The van der Waals surface area contributed by atoms with E-state index in [0.29, 0.717) is 11.3 Å². The first-order valence-electron chi connectivity index (χ1n) is 5.75. The number of para-hydroxylation sites is 1. The number of rotatable bonds is 3. The molecular weight excluding hydrogens is 245 g/mol. The molecule has 0 saturated heterocycles. The van der Waals surface area contributed by atoms with Gasteiger partial charge in [-0.15, -0.1) is 0 Å². The van der Waals surface area contributed by atoms with Crippen molar-refractivity contribution in [2.75, 3.05) is 5.32 Å². The molecular formula is C15H12FNO2. The zero-order valence-corrected chi connectivity index (χ0v) is 10.3. The van der Waals surface area contributed by atoms with Crippen LogP contribution in [-0.2, 0) is 4.79 Å². The Morgan fingerprint density at radius 2 is 1.74 bits per heavy atom. The second-order valence-electron chi connectivity index (χ2n) is 4.11. The van der Waals surface area contributed by atoms with E-state index in [1.54, 1.807) is 37.3 Å². The predicted molar refractivity (Wildman–Crippen MR) is 70.5 cm³/mol. The van der Waals surface area contributed by atoms with Gasteiger partial charge in [0.05, 0.1) is 0 Å². The third-order valence-electron chi connectivity index (χ3n) is 2.66. The van der Waals surface area contributed by atoms with Crippen molar-refractivity contribution in [2.45, 2.75) is 6.92 Å². The summed E-state index contributed by atoms with van der Waals surface area (Å²) in [5, 5.41) is 2.49.